The molecular formula is C12H12ClN3. The van der Waals surface area contributed by atoms with Crippen molar-refractivity contribution >= 4 is 28.2 Å². The van der Waals surface area contributed by atoms with Gasteiger partial charge in [-0.15, -0.1) is 0 Å². The third-order valence-corrected chi connectivity index (χ3v) is 3.26. The summed E-state index contributed by atoms with van der Waals surface area (Å²) in [4.78, 5) is 4.61. The first kappa shape index (κ1) is 9.87. The number of nitrogens with two attached hydrogens (primary N) is 1. The zero-order valence-corrected chi connectivity index (χ0v) is 9.51. The Kier molecular flexibility index (Phi) is 2.23. The largest absolute Gasteiger partial charge is 0.398 e. The molecule has 4 heteroatoms. The Bertz CT molecular complexity index is 566. The standard InChI is InChI=1S/C12H12ClN3/c13-7-1-2-8-10(5-7)16-11-6-15-4-3-9(11)12(8)14/h1-2,5,15H,3-4,6H2,(H2,14,16). The third kappa shape index (κ3) is 1.44. The van der Waals surface area contributed by atoms with Crippen LogP contribution >= 0.6 is 11.6 Å². The maximum atomic E-state index is 6.18. The molecule has 3 N–H and O–H groups in total. The fraction of sp³-hybridized carbons (Fsp3) is 0.250. The number of anilines is 1. The van der Waals surface area contributed by atoms with Crippen LogP contribution in [-0.2, 0) is 13.0 Å². The van der Waals surface area contributed by atoms with Gasteiger partial charge in [0.05, 0.1) is 11.2 Å². The number of nitrogens with one attached hydrogen (secondary N) is 1. The Balaban J connectivity index is 2.34. The molecule has 0 atom stereocenters. The van der Waals surface area contributed by atoms with Crippen molar-refractivity contribution in [2.24, 2.45) is 0 Å². The van der Waals surface area contributed by atoms with E-state index in [9.17, 15) is 0 Å². The molecule has 0 aliphatic carbocycles. The first-order chi connectivity index (χ1) is 7.75. The Morgan fingerprint density at radius 3 is 3.12 bits per heavy atom. The summed E-state index contributed by atoms with van der Waals surface area (Å²) in [6.07, 6.45) is 0.951. The number of halogens is 1. The molecule has 3 rings (SSSR count). The quantitative estimate of drug-likeness (QED) is 0.733. The molecule has 0 unspecified atom stereocenters. The number of aromatic nitrogens is 1. The predicted octanol–water partition coefficient (Wildman–Crippen LogP) is 2.12. The van der Waals surface area contributed by atoms with Gasteiger partial charge in [-0.2, -0.15) is 0 Å². The van der Waals surface area contributed by atoms with Crippen molar-refractivity contribution in [1.29, 1.82) is 0 Å². The lowest BCUT2D eigenvalue weighted by atomic mass is 10.0. The first-order valence-corrected chi connectivity index (χ1v) is 5.71. The fourth-order valence-electron chi connectivity index (χ4n) is 2.20. The molecular weight excluding hydrogens is 222 g/mol. The van der Waals surface area contributed by atoms with Gasteiger partial charge in [-0.3, -0.25) is 4.98 Å². The summed E-state index contributed by atoms with van der Waals surface area (Å²) in [6, 6.07) is 5.67. The number of benzene rings is 1. The van der Waals surface area contributed by atoms with Crippen LogP contribution in [0.3, 0.4) is 0 Å². The molecule has 0 radical (unpaired) electrons. The van der Waals surface area contributed by atoms with Crippen LogP contribution in [0.4, 0.5) is 5.69 Å². The van der Waals surface area contributed by atoms with Crippen molar-refractivity contribution in [3.63, 3.8) is 0 Å². The van der Waals surface area contributed by atoms with Gasteiger partial charge in [0.25, 0.3) is 0 Å². The number of nitrogens with zero attached hydrogens (tertiary/aromatic N) is 1. The van der Waals surface area contributed by atoms with Crippen molar-refractivity contribution in [3.05, 3.63) is 34.5 Å². The lowest BCUT2D eigenvalue weighted by Gasteiger charge is -2.19. The molecule has 1 aliphatic heterocycles. The predicted molar refractivity (Wildman–Crippen MR) is 66.6 cm³/mol. The van der Waals surface area contributed by atoms with E-state index in [0.29, 0.717) is 5.02 Å². The van der Waals surface area contributed by atoms with Crippen LogP contribution in [0, 0.1) is 0 Å². The molecule has 2 heterocycles. The van der Waals surface area contributed by atoms with E-state index in [2.05, 4.69) is 10.3 Å². The summed E-state index contributed by atoms with van der Waals surface area (Å²) in [7, 11) is 0. The van der Waals surface area contributed by atoms with Gasteiger partial charge in [-0.25, -0.2) is 0 Å². The van der Waals surface area contributed by atoms with Crippen LogP contribution in [0.1, 0.15) is 11.3 Å². The molecule has 2 aromatic rings. The van der Waals surface area contributed by atoms with Crippen molar-refractivity contribution in [3.8, 4) is 0 Å². The fourth-order valence-corrected chi connectivity index (χ4v) is 2.37. The van der Waals surface area contributed by atoms with E-state index in [1.54, 1.807) is 0 Å². The minimum Gasteiger partial charge on any atom is -0.398 e. The second-order valence-corrected chi connectivity index (χ2v) is 4.48. The van der Waals surface area contributed by atoms with Crippen molar-refractivity contribution < 1.29 is 0 Å². The molecule has 16 heavy (non-hydrogen) atoms. The Labute approximate surface area is 98.6 Å². The molecule has 0 amide bonds. The molecule has 1 aromatic carbocycles. The minimum atomic E-state index is 0.697. The second kappa shape index (κ2) is 3.61. The minimum absolute atomic E-state index is 0.697. The van der Waals surface area contributed by atoms with Crippen LogP contribution in [0.25, 0.3) is 10.9 Å². The highest BCUT2D eigenvalue weighted by Crippen LogP contribution is 2.29. The summed E-state index contributed by atoms with van der Waals surface area (Å²) in [5.41, 5.74) is 10.2. The van der Waals surface area contributed by atoms with E-state index >= 15 is 0 Å². The molecule has 0 saturated heterocycles. The van der Waals surface area contributed by atoms with E-state index in [1.165, 1.54) is 5.56 Å². The highest BCUT2D eigenvalue weighted by atomic mass is 35.5. The molecule has 0 spiro atoms. The lowest BCUT2D eigenvalue weighted by molar-refractivity contribution is 0.631. The number of rotatable bonds is 0. The molecule has 82 valence electrons. The topological polar surface area (TPSA) is 50.9 Å². The van der Waals surface area contributed by atoms with Gasteiger partial charge in [-0.1, -0.05) is 11.6 Å². The molecule has 1 aliphatic rings. The normalized spacial score (nSPS) is 15.1. The third-order valence-electron chi connectivity index (χ3n) is 3.02. The van der Waals surface area contributed by atoms with Gasteiger partial charge in [0.15, 0.2) is 0 Å². The number of pyridine rings is 1. The average molecular weight is 234 g/mol. The number of fused-ring (bicyclic) bond motifs is 2. The summed E-state index contributed by atoms with van der Waals surface area (Å²) < 4.78 is 0. The maximum absolute atomic E-state index is 6.18. The Morgan fingerprint density at radius 2 is 2.25 bits per heavy atom. The highest BCUT2D eigenvalue weighted by molar-refractivity contribution is 6.31. The van der Waals surface area contributed by atoms with Crippen molar-refractivity contribution in [2.45, 2.75) is 13.0 Å². The summed E-state index contributed by atoms with van der Waals surface area (Å²) in [5, 5.41) is 5.00. The summed E-state index contributed by atoms with van der Waals surface area (Å²) >= 11 is 5.96. The van der Waals surface area contributed by atoms with Crippen LogP contribution in [-0.4, -0.2) is 11.5 Å². The Morgan fingerprint density at radius 1 is 1.38 bits per heavy atom. The SMILES string of the molecule is Nc1c2c(nc3cc(Cl)ccc13)CNCC2. The lowest BCUT2D eigenvalue weighted by Crippen LogP contribution is -2.25. The van der Waals surface area contributed by atoms with Crippen LogP contribution in [0.2, 0.25) is 5.02 Å². The molecule has 0 fully saturated rings. The number of hydrogen-bond donors (Lipinski definition) is 2. The maximum Gasteiger partial charge on any atom is 0.0741 e. The summed E-state index contributed by atoms with van der Waals surface area (Å²) in [5.74, 6) is 0. The highest BCUT2D eigenvalue weighted by Gasteiger charge is 2.15. The van der Waals surface area contributed by atoms with E-state index in [4.69, 9.17) is 17.3 Å². The van der Waals surface area contributed by atoms with Gasteiger partial charge in [-0.05, 0) is 36.7 Å². The van der Waals surface area contributed by atoms with E-state index in [-0.39, 0.29) is 0 Å². The van der Waals surface area contributed by atoms with E-state index in [1.807, 2.05) is 18.2 Å². The van der Waals surface area contributed by atoms with Gasteiger partial charge in [0.1, 0.15) is 0 Å². The Hall–Kier alpha value is -1.32. The molecule has 0 bridgehead atoms. The van der Waals surface area contributed by atoms with Crippen LogP contribution in [0.5, 0.6) is 0 Å². The average Bonchev–Trinajstić information content (AvgIpc) is 2.29. The molecule has 0 saturated carbocycles. The molecule has 1 aromatic heterocycles. The summed E-state index contributed by atoms with van der Waals surface area (Å²) in [6.45, 7) is 1.76. The van der Waals surface area contributed by atoms with Gasteiger partial charge in [0, 0.05) is 22.6 Å². The second-order valence-electron chi connectivity index (χ2n) is 4.04. The zero-order valence-electron chi connectivity index (χ0n) is 8.76. The smallest absolute Gasteiger partial charge is 0.0741 e. The van der Waals surface area contributed by atoms with Crippen molar-refractivity contribution in [2.75, 3.05) is 12.3 Å². The van der Waals surface area contributed by atoms with Gasteiger partial charge in [0.2, 0.25) is 0 Å². The van der Waals surface area contributed by atoms with E-state index in [0.717, 1.165) is 41.8 Å². The van der Waals surface area contributed by atoms with Crippen LogP contribution < -0.4 is 11.1 Å². The molecule has 3 nitrogen and oxygen atoms in total. The first-order valence-electron chi connectivity index (χ1n) is 5.33. The monoisotopic (exact) mass is 233 g/mol. The van der Waals surface area contributed by atoms with E-state index < -0.39 is 0 Å². The number of hydrogen-bond acceptors (Lipinski definition) is 3. The van der Waals surface area contributed by atoms with Crippen LogP contribution in [0.15, 0.2) is 18.2 Å². The van der Waals surface area contributed by atoms with Crippen molar-refractivity contribution in [1.82, 2.24) is 10.3 Å². The zero-order chi connectivity index (χ0) is 11.1. The number of nitrogen functional groups attached to an aromatic ring is 1. The van der Waals surface area contributed by atoms with Gasteiger partial charge >= 0.3 is 0 Å². The van der Waals surface area contributed by atoms with Gasteiger partial charge < -0.3 is 11.1 Å².